The third-order valence-electron chi connectivity index (χ3n) is 10.1. The van der Waals surface area contributed by atoms with Gasteiger partial charge in [-0.1, -0.05) is 45.1 Å². The number of halogens is 6. The van der Waals surface area contributed by atoms with Crippen LogP contribution in [-0.2, 0) is 48.1 Å². The first-order valence-electron chi connectivity index (χ1n) is 18.4. The van der Waals surface area contributed by atoms with E-state index < -0.39 is 77.8 Å². The van der Waals surface area contributed by atoms with Crippen molar-refractivity contribution in [3.63, 3.8) is 0 Å². The van der Waals surface area contributed by atoms with E-state index in [0.29, 0.717) is 63.6 Å². The average molecular weight is 808 g/mol. The first kappa shape index (κ1) is 44.4. The zero-order valence-corrected chi connectivity index (χ0v) is 35.1. The van der Waals surface area contributed by atoms with Crippen LogP contribution in [0.4, 0.5) is 26.3 Å². The second-order valence-electron chi connectivity index (χ2n) is 15.1. The highest BCUT2D eigenvalue weighted by Gasteiger charge is 2.41. The molecule has 2 aromatic rings. The fourth-order valence-electron chi connectivity index (χ4n) is 7.31. The second-order valence-corrected chi connectivity index (χ2v) is 16.9. The number of aliphatic hydroxyl groups is 1. The Bertz CT molecular complexity index is 1520. The van der Waals surface area contributed by atoms with Gasteiger partial charge in [-0.05, 0) is 55.2 Å². The fourth-order valence-corrected chi connectivity index (χ4v) is 9.14. The minimum atomic E-state index is -5.09. The summed E-state index contributed by atoms with van der Waals surface area (Å²) >= 11 is 0. The highest BCUT2D eigenvalue weighted by molar-refractivity contribution is 6.26. The number of amides is 1. The van der Waals surface area contributed by atoms with Gasteiger partial charge in [-0.15, -0.1) is 0 Å². The van der Waals surface area contributed by atoms with E-state index in [1.165, 1.54) is 4.90 Å². The molecule has 2 aliphatic heterocycles. The monoisotopic (exact) mass is 807 g/mol. The SMILES string of the molecule is COC[C@@H]1CN(CCN2CCN(C(=O)c3cc(C(F)(F)F)cc(C(F)(F)F)c3)[C@H](Cc3ccc(C(C)(C)O)c(C(C)(C)C(O[SiH2]C)O[SiH2]C)c3)C2)CCO1. The first-order valence-corrected chi connectivity index (χ1v) is 22.4. The maximum Gasteiger partial charge on any atom is 0.416 e. The van der Waals surface area contributed by atoms with Crippen LogP contribution >= 0.6 is 0 Å². The molecule has 304 valence electrons. The first-order chi connectivity index (χ1) is 25.2. The van der Waals surface area contributed by atoms with Gasteiger partial charge in [-0.2, -0.15) is 26.3 Å². The van der Waals surface area contributed by atoms with Crippen LogP contribution in [-0.4, -0.2) is 130 Å². The van der Waals surface area contributed by atoms with Crippen LogP contribution in [0.15, 0.2) is 36.4 Å². The van der Waals surface area contributed by atoms with Crippen molar-refractivity contribution in [2.24, 2.45) is 0 Å². The van der Waals surface area contributed by atoms with Gasteiger partial charge in [0.25, 0.3) is 5.91 Å². The molecule has 0 saturated carbocycles. The number of nitrogens with zero attached hydrogens (tertiary/aromatic N) is 3. The van der Waals surface area contributed by atoms with Crippen molar-refractivity contribution in [1.29, 1.82) is 0 Å². The molecule has 2 aromatic carbocycles. The molecule has 0 spiro atoms. The van der Waals surface area contributed by atoms with Crippen molar-refractivity contribution < 1.29 is 54.6 Å². The standard InChI is InChI=1S/C37H55F6N3O6Si2/c1-34(2,33(51-53-6)52-54-7)31-17-24(8-9-30(31)35(3,4)48)16-28-21-44(10-11-45-14-15-50-29(22-45)23-49-5)12-13-46(28)32(47)25-18-26(36(38,39)40)20-27(19-25)37(41,42)43/h8-9,17-20,28-29,33,48H,10-16,21-23,53-54H2,1-7H3/t28-,29+/m1/s1. The molecule has 0 aromatic heterocycles. The van der Waals surface area contributed by atoms with Crippen LogP contribution in [0.3, 0.4) is 0 Å². The van der Waals surface area contributed by atoms with Gasteiger partial charge in [0.1, 0.15) is 6.29 Å². The zero-order chi connectivity index (χ0) is 40.1. The van der Waals surface area contributed by atoms with Crippen molar-refractivity contribution in [2.75, 3.05) is 66.1 Å². The summed E-state index contributed by atoms with van der Waals surface area (Å²) in [5.41, 5.74) is -3.42. The number of morpholine rings is 1. The van der Waals surface area contributed by atoms with E-state index in [2.05, 4.69) is 9.80 Å². The van der Waals surface area contributed by atoms with Gasteiger partial charge < -0.3 is 28.3 Å². The van der Waals surface area contributed by atoms with E-state index >= 15 is 0 Å². The van der Waals surface area contributed by atoms with E-state index in [-0.39, 0.29) is 25.1 Å². The van der Waals surface area contributed by atoms with Crippen molar-refractivity contribution in [2.45, 2.75) is 89.0 Å². The zero-order valence-electron chi connectivity index (χ0n) is 32.3. The molecule has 2 atom stereocenters. The number of hydrogen-bond donors (Lipinski definition) is 1. The summed E-state index contributed by atoms with van der Waals surface area (Å²) in [6, 6.07) is 6.08. The predicted octanol–water partition coefficient (Wildman–Crippen LogP) is 4.57. The Morgan fingerprint density at radius 3 is 2.00 bits per heavy atom. The fraction of sp³-hybridized carbons (Fsp3) is 0.649. The summed E-state index contributed by atoms with van der Waals surface area (Å²) in [4.78, 5) is 19.9. The molecule has 17 heteroatoms. The lowest BCUT2D eigenvalue weighted by atomic mass is 9.76. The molecule has 2 heterocycles. The Kier molecular flexibility index (Phi) is 15.0. The number of carbonyl (C=O) groups excluding carboxylic acids is 1. The quantitative estimate of drug-likeness (QED) is 0.160. The third-order valence-corrected chi connectivity index (χ3v) is 11.4. The van der Waals surface area contributed by atoms with Crippen molar-refractivity contribution in [1.82, 2.24) is 14.7 Å². The number of benzene rings is 2. The topological polar surface area (TPSA) is 83.9 Å². The van der Waals surface area contributed by atoms with Crippen molar-refractivity contribution in [3.05, 3.63) is 69.8 Å². The largest absolute Gasteiger partial charge is 0.416 e. The predicted molar refractivity (Wildman–Crippen MR) is 199 cm³/mol. The molecule has 9 nitrogen and oxygen atoms in total. The molecule has 4 rings (SSSR count). The van der Waals surface area contributed by atoms with E-state index in [9.17, 15) is 36.2 Å². The van der Waals surface area contributed by atoms with E-state index in [0.717, 1.165) is 17.7 Å². The number of rotatable bonds is 15. The Balaban J connectivity index is 1.72. The Labute approximate surface area is 319 Å². The van der Waals surface area contributed by atoms with Crippen LogP contribution in [0.5, 0.6) is 0 Å². The number of carbonyl (C=O) groups is 1. The Morgan fingerprint density at radius 1 is 0.870 bits per heavy atom. The number of piperazine rings is 1. The summed E-state index contributed by atoms with van der Waals surface area (Å²) in [5, 5.41) is 11.2. The lowest BCUT2D eigenvalue weighted by molar-refractivity contribution is -0.143. The normalized spacial score (nSPS) is 20.8. The van der Waals surface area contributed by atoms with Gasteiger partial charge in [-0.3, -0.25) is 14.6 Å². The average Bonchev–Trinajstić information content (AvgIpc) is 3.09. The molecular formula is C37H55F6N3O6Si2. The minimum Gasteiger partial charge on any atom is -0.400 e. The highest BCUT2D eigenvalue weighted by Crippen LogP contribution is 2.39. The lowest BCUT2D eigenvalue weighted by Crippen LogP contribution is -2.57. The van der Waals surface area contributed by atoms with Crippen LogP contribution in [0.2, 0.25) is 13.1 Å². The smallest absolute Gasteiger partial charge is 0.400 e. The molecular weight excluding hydrogens is 753 g/mol. The van der Waals surface area contributed by atoms with E-state index in [1.807, 2.05) is 45.1 Å². The number of ether oxygens (including phenoxy) is 2. The molecule has 1 amide bonds. The summed E-state index contributed by atoms with van der Waals surface area (Å²) in [5.74, 6) is -0.900. The summed E-state index contributed by atoms with van der Waals surface area (Å²) in [6.45, 7) is 16.0. The maximum absolute atomic E-state index is 14.1. The second kappa shape index (κ2) is 18.3. The van der Waals surface area contributed by atoms with Crippen LogP contribution in [0, 0.1) is 0 Å². The molecule has 0 radical (unpaired) electrons. The highest BCUT2D eigenvalue weighted by atomic mass is 28.2. The molecule has 54 heavy (non-hydrogen) atoms. The summed E-state index contributed by atoms with van der Waals surface area (Å²) < 4.78 is 106. The van der Waals surface area contributed by atoms with Gasteiger partial charge in [0.05, 0.1) is 36.0 Å². The maximum atomic E-state index is 14.1. The molecule has 2 aliphatic rings. The van der Waals surface area contributed by atoms with Crippen molar-refractivity contribution in [3.8, 4) is 0 Å². The van der Waals surface area contributed by atoms with Crippen LogP contribution in [0.25, 0.3) is 0 Å². The van der Waals surface area contributed by atoms with Crippen molar-refractivity contribution >= 4 is 25.4 Å². The minimum absolute atomic E-state index is 0.0330. The third kappa shape index (κ3) is 11.4. The molecule has 0 aliphatic carbocycles. The lowest BCUT2D eigenvalue weighted by Gasteiger charge is -2.43. The van der Waals surface area contributed by atoms with Gasteiger partial charge in [0.2, 0.25) is 0 Å². The molecule has 0 unspecified atom stereocenters. The van der Waals surface area contributed by atoms with Gasteiger partial charge in [0.15, 0.2) is 19.5 Å². The van der Waals surface area contributed by atoms with Crippen LogP contribution < -0.4 is 0 Å². The summed E-state index contributed by atoms with van der Waals surface area (Å²) in [7, 11) is -0.138. The number of methoxy groups -OCH3 is 1. The van der Waals surface area contributed by atoms with Gasteiger partial charge >= 0.3 is 12.4 Å². The van der Waals surface area contributed by atoms with Crippen LogP contribution in [0.1, 0.15) is 65.9 Å². The van der Waals surface area contributed by atoms with E-state index in [1.54, 1.807) is 21.0 Å². The van der Waals surface area contributed by atoms with Gasteiger partial charge in [0, 0.05) is 69.9 Å². The molecule has 2 saturated heterocycles. The van der Waals surface area contributed by atoms with Gasteiger partial charge in [-0.25, -0.2) is 0 Å². The summed E-state index contributed by atoms with van der Waals surface area (Å²) in [6.07, 6.45) is -10.5. The molecule has 1 N–H and O–H groups in total. The Hall–Kier alpha value is -2.36. The van der Waals surface area contributed by atoms with E-state index in [4.69, 9.17) is 18.3 Å². The number of hydrogen-bond acceptors (Lipinski definition) is 8. The molecule has 2 fully saturated rings. The Morgan fingerprint density at radius 2 is 1.46 bits per heavy atom. The molecule has 0 bridgehead atoms. The number of alkyl halides is 6.